The zero-order chi connectivity index (χ0) is 14.5. The molecule has 0 aliphatic heterocycles. The molecule has 0 aliphatic rings. The summed E-state index contributed by atoms with van der Waals surface area (Å²) in [5, 5.41) is 7.55. The second-order valence-electron chi connectivity index (χ2n) is 4.23. The molecule has 0 atom stereocenters. The summed E-state index contributed by atoms with van der Waals surface area (Å²) in [4.78, 5) is 21.4. The molecule has 0 radical (unpaired) electrons. The normalized spacial score (nSPS) is 10.8. The average molecular weight is 312 g/mol. The maximum Gasteiger partial charge on any atom is 0.246 e. The van der Waals surface area contributed by atoms with Crippen molar-refractivity contribution < 1.29 is 9.32 Å². The molecule has 108 valence electrons. The van der Waals surface area contributed by atoms with Crippen LogP contribution in [0, 0.1) is 13.8 Å². The molecule has 0 fully saturated rings. The van der Waals surface area contributed by atoms with Crippen LogP contribution in [0.15, 0.2) is 4.52 Å². The third kappa shape index (κ3) is 4.04. The monoisotopic (exact) mass is 312 g/mol. The number of nitrogens with one attached hydrogen (secondary N) is 1. The van der Waals surface area contributed by atoms with E-state index in [-0.39, 0.29) is 18.9 Å². The van der Waals surface area contributed by atoms with E-state index in [0.717, 1.165) is 15.6 Å². The minimum absolute atomic E-state index is 0.0944. The summed E-state index contributed by atoms with van der Waals surface area (Å²) in [6.45, 7) is 4.16. The molecule has 2 heterocycles. The first-order valence-corrected chi connectivity index (χ1v) is 8.29. The topological polar surface area (TPSA) is 80.9 Å². The number of thioether (sulfide) groups is 1. The van der Waals surface area contributed by atoms with Gasteiger partial charge in [0.05, 0.1) is 29.4 Å². The molecule has 0 aromatic carbocycles. The second-order valence-corrected chi connectivity index (χ2v) is 6.50. The second kappa shape index (κ2) is 6.85. The number of hydrogen-bond acceptors (Lipinski definition) is 7. The lowest BCUT2D eigenvalue weighted by atomic mass is 10.2. The average Bonchev–Trinajstić information content (AvgIpc) is 2.95. The van der Waals surface area contributed by atoms with E-state index in [9.17, 15) is 4.79 Å². The largest absolute Gasteiger partial charge is 0.347 e. The van der Waals surface area contributed by atoms with Crippen LogP contribution in [0.1, 0.15) is 27.3 Å². The summed E-state index contributed by atoms with van der Waals surface area (Å²) in [7, 11) is 0. The van der Waals surface area contributed by atoms with Gasteiger partial charge in [-0.25, -0.2) is 4.98 Å². The van der Waals surface area contributed by atoms with Crippen molar-refractivity contribution in [3.05, 3.63) is 27.3 Å². The van der Waals surface area contributed by atoms with Crippen molar-refractivity contribution in [3.63, 3.8) is 0 Å². The summed E-state index contributed by atoms with van der Waals surface area (Å²) in [6, 6.07) is 0. The molecule has 0 aliphatic carbocycles. The summed E-state index contributed by atoms with van der Waals surface area (Å²) < 4.78 is 5.04. The lowest BCUT2D eigenvalue weighted by Crippen LogP contribution is -2.25. The van der Waals surface area contributed by atoms with Crippen LogP contribution in [-0.2, 0) is 23.5 Å². The van der Waals surface area contributed by atoms with Crippen LogP contribution in [0.25, 0.3) is 0 Å². The van der Waals surface area contributed by atoms with E-state index in [1.165, 1.54) is 0 Å². The number of rotatable bonds is 6. The van der Waals surface area contributed by atoms with Crippen molar-refractivity contribution in [2.24, 2.45) is 0 Å². The lowest BCUT2D eigenvalue weighted by Gasteiger charge is -2.00. The summed E-state index contributed by atoms with van der Waals surface area (Å²) in [6.07, 6.45) is 2.25. The molecule has 6 nitrogen and oxygen atoms in total. The maximum atomic E-state index is 11.8. The van der Waals surface area contributed by atoms with Gasteiger partial charge in [-0.3, -0.25) is 4.79 Å². The molecule has 2 rings (SSSR count). The predicted octanol–water partition coefficient (Wildman–Crippen LogP) is 1.86. The number of thiazole rings is 1. The molecular formula is C12H16N4O2S2. The molecule has 0 saturated carbocycles. The van der Waals surface area contributed by atoms with Crippen molar-refractivity contribution in [1.82, 2.24) is 20.4 Å². The van der Waals surface area contributed by atoms with Gasteiger partial charge in [-0.05, 0) is 20.1 Å². The van der Waals surface area contributed by atoms with Crippen LogP contribution < -0.4 is 5.32 Å². The van der Waals surface area contributed by atoms with Gasteiger partial charge in [0.25, 0.3) is 0 Å². The Morgan fingerprint density at radius 1 is 1.40 bits per heavy atom. The van der Waals surface area contributed by atoms with E-state index >= 15 is 0 Å². The van der Waals surface area contributed by atoms with Gasteiger partial charge in [-0.2, -0.15) is 16.7 Å². The number of carbonyl (C=O) groups excluding carboxylic acids is 1. The Morgan fingerprint density at radius 3 is 2.85 bits per heavy atom. The molecule has 8 heteroatoms. The first-order chi connectivity index (χ1) is 9.58. The number of carbonyl (C=O) groups is 1. The molecule has 2 aromatic heterocycles. The zero-order valence-corrected chi connectivity index (χ0v) is 13.2. The highest BCUT2D eigenvalue weighted by atomic mass is 32.2. The molecule has 20 heavy (non-hydrogen) atoms. The van der Waals surface area contributed by atoms with E-state index in [4.69, 9.17) is 4.52 Å². The van der Waals surface area contributed by atoms with Crippen molar-refractivity contribution >= 4 is 29.0 Å². The third-order valence-electron chi connectivity index (χ3n) is 2.55. The molecule has 0 saturated heterocycles. The standard InChI is InChI=1S/C12H16N4O2S2/c1-7-9(14-8(2)20-7)4-11(17)13-5-12-15-10(6-19-3)16-18-12/h4-6H2,1-3H3,(H,13,17). The van der Waals surface area contributed by atoms with Crippen LogP contribution in [0.4, 0.5) is 0 Å². The number of aryl methyl sites for hydroxylation is 2. The fourth-order valence-electron chi connectivity index (χ4n) is 1.67. The molecular weight excluding hydrogens is 296 g/mol. The van der Waals surface area contributed by atoms with Crippen LogP contribution >= 0.6 is 23.1 Å². The van der Waals surface area contributed by atoms with Gasteiger partial charge in [-0.15, -0.1) is 11.3 Å². The Bertz CT molecular complexity index is 594. The maximum absolute atomic E-state index is 11.8. The lowest BCUT2D eigenvalue weighted by molar-refractivity contribution is -0.120. The Balaban J connectivity index is 1.84. The van der Waals surface area contributed by atoms with Crippen molar-refractivity contribution in [1.29, 1.82) is 0 Å². The Hall–Kier alpha value is -1.41. The molecule has 0 unspecified atom stereocenters. The molecule has 1 N–H and O–H groups in total. The quantitative estimate of drug-likeness (QED) is 0.877. The van der Waals surface area contributed by atoms with E-state index < -0.39 is 0 Å². The van der Waals surface area contributed by atoms with E-state index in [2.05, 4.69) is 20.4 Å². The molecule has 0 bridgehead atoms. The van der Waals surface area contributed by atoms with Gasteiger partial charge in [-0.1, -0.05) is 5.16 Å². The highest BCUT2D eigenvalue weighted by Gasteiger charge is 2.12. The number of nitrogens with zero attached hydrogens (tertiary/aromatic N) is 3. The third-order valence-corrected chi connectivity index (χ3v) is 4.02. The number of aromatic nitrogens is 3. The highest BCUT2D eigenvalue weighted by molar-refractivity contribution is 7.97. The van der Waals surface area contributed by atoms with Crippen LogP contribution in [0.3, 0.4) is 0 Å². The fraction of sp³-hybridized carbons (Fsp3) is 0.500. The first kappa shape index (κ1) is 15.0. The summed E-state index contributed by atoms with van der Waals surface area (Å²) in [5.74, 6) is 1.68. The Morgan fingerprint density at radius 2 is 2.20 bits per heavy atom. The Labute approximate surface area is 125 Å². The molecule has 1 amide bonds. The van der Waals surface area contributed by atoms with Gasteiger partial charge in [0.2, 0.25) is 11.8 Å². The van der Waals surface area contributed by atoms with Crippen LogP contribution in [0.2, 0.25) is 0 Å². The van der Waals surface area contributed by atoms with Gasteiger partial charge in [0.1, 0.15) is 0 Å². The summed E-state index contributed by atoms with van der Waals surface area (Å²) in [5.41, 5.74) is 0.832. The van der Waals surface area contributed by atoms with Gasteiger partial charge in [0, 0.05) is 4.88 Å². The van der Waals surface area contributed by atoms with E-state index in [1.807, 2.05) is 20.1 Å². The summed E-state index contributed by atoms with van der Waals surface area (Å²) >= 11 is 3.22. The van der Waals surface area contributed by atoms with Gasteiger partial charge < -0.3 is 9.84 Å². The smallest absolute Gasteiger partial charge is 0.246 e. The predicted molar refractivity (Wildman–Crippen MR) is 78.7 cm³/mol. The molecule has 0 spiro atoms. The number of hydrogen-bond donors (Lipinski definition) is 1. The van der Waals surface area contributed by atoms with Crippen molar-refractivity contribution in [2.75, 3.05) is 6.26 Å². The van der Waals surface area contributed by atoms with Crippen LogP contribution in [0.5, 0.6) is 0 Å². The van der Waals surface area contributed by atoms with Crippen molar-refractivity contribution in [3.8, 4) is 0 Å². The minimum atomic E-state index is -0.0944. The fourth-order valence-corrected chi connectivity index (χ4v) is 2.88. The Kier molecular flexibility index (Phi) is 5.13. The highest BCUT2D eigenvalue weighted by Crippen LogP contribution is 2.16. The minimum Gasteiger partial charge on any atom is -0.347 e. The van der Waals surface area contributed by atoms with Crippen LogP contribution in [-0.4, -0.2) is 27.3 Å². The SMILES string of the molecule is CSCc1noc(CNC(=O)Cc2nc(C)sc2C)n1. The first-order valence-electron chi connectivity index (χ1n) is 6.08. The van der Waals surface area contributed by atoms with Gasteiger partial charge >= 0.3 is 0 Å². The van der Waals surface area contributed by atoms with E-state index in [0.29, 0.717) is 17.5 Å². The molecule has 2 aromatic rings. The zero-order valence-electron chi connectivity index (χ0n) is 11.6. The van der Waals surface area contributed by atoms with E-state index in [1.54, 1.807) is 23.1 Å². The number of amides is 1. The van der Waals surface area contributed by atoms with Crippen molar-refractivity contribution in [2.45, 2.75) is 32.6 Å². The van der Waals surface area contributed by atoms with Gasteiger partial charge in [0.15, 0.2) is 5.82 Å².